The first-order chi connectivity index (χ1) is 9.49. The summed E-state index contributed by atoms with van der Waals surface area (Å²) in [6.45, 7) is 0.630. The van der Waals surface area contributed by atoms with Crippen LogP contribution < -0.4 is 0 Å². The van der Waals surface area contributed by atoms with Crippen molar-refractivity contribution in [3.8, 4) is 0 Å². The molecule has 1 atom stereocenters. The van der Waals surface area contributed by atoms with E-state index >= 15 is 0 Å². The molecule has 1 aromatic heterocycles. The van der Waals surface area contributed by atoms with Gasteiger partial charge < -0.3 is 10.0 Å². The largest absolute Gasteiger partial charge is 0.480 e. The molecule has 9 heteroatoms. The summed E-state index contributed by atoms with van der Waals surface area (Å²) in [5.74, 6) is -1.27. The summed E-state index contributed by atoms with van der Waals surface area (Å²) in [7, 11) is 0. The molecule has 0 aromatic carbocycles. The number of aliphatic carboxylic acids is 1. The third kappa shape index (κ3) is 2.92. The summed E-state index contributed by atoms with van der Waals surface area (Å²) in [5, 5.41) is 23.3. The molecule has 9 nitrogen and oxygen atoms in total. The number of rotatable bonds is 5. The Balaban J connectivity index is 1.91. The minimum Gasteiger partial charge on any atom is -0.480 e. The van der Waals surface area contributed by atoms with Gasteiger partial charge in [-0.15, -0.1) is 0 Å². The van der Waals surface area contributed by atoms with Crippen molar-refractivity contribution in [3.63, 3.8) is 0 Å². The molecule has 20 heavy (non-hydrogen) atoms. The minimum absolute atomic E-state index is 0.0720. The summed E-state index contributed by atoms with van der Waals surface area (Å²) in [6.07, 6.45) is 3.57. The van der Waals surface area contributed by atoms with Crippen LogP contribution in [0.15, 0.2) is 12.4 Å². The van der Waals surface area contributed by atoms with Crippen LogP contribution in [0.25, 0.3) is 0 Å². The number of amides is 1. The molecule has 1 N–H and O–H groups in total. The lowest BCUT2D eigenvalue weighted by atomic mass is 10.2. The van der Waals surface area contributed by atoms with Crippen molar-refractivity contribution in [1.29, 1.82) is 0 Å². The molecular weight excluding hydrogens is 268 g/mol. The van der Waals surface area contributed by atoms with E-state index in [1.54, 1.807) is 0 Å². The molecule has 1 fully saturated rings. The predicted molar refractivity (Wildman–Crippen MR) is 65.9 cm³/mol. The van der Waals surface area contributed by atoms with Crippen LogP contribution >= 0.6 is 0 Å². The van der Waals surface area contributed by atoms with Crippen molar-refractivity contribution in [2.75, 3.05) is 6.54 Å². The van der Waals surface area contributed by atoms with E-state index in [-0.39, 0.29) is 24.6 Å². The van der Waals surface area contributed by atoms with Gasteiger partial charge in [-0.3, -0.25) is 19.6 Å². The van der Waals surface area contributed by atoms with Crippen molar-refractivity contribution in [2.45, 2.75) is 31.8 Å². The van der Waals surface area contributed by atoms with Gasteiger partial charge in [0, 0.05) is 19.5 Å². The standard InChI is InChI=1S/C11H14N4O5/c16-10(14-4-1-2-9(14)11(17)18)3-5-13-7-8(6-12-13)15(19)20/h6-7,9H,1-5H2,(H,17,18)/t9-/m0/s1. The lowest BCUT2D eigenvalue weighted by molar-refractivity contribution is -0.385. The van der Waals surface area contributed by atoms with Gasteiger partial charge in [0.2, 0.25) is 5.91 Å². The number of likely N-dealkylation sites (tertiary alicyclic amines) is 1. The first-order valence-corrected chi connectivity index (χ1v) is 6.18. The minimum atomic E-state index is -0.995. The van der Waals surface area contributed by atoms with E-state index in [9.17, 15) is 19.7 Å². The Labute approximate surface area is 113 Å². The highest BCUT2D eigenvalue weighted by Gasteiger charge is 2.33. The lowest BCUT2D eigenvalue weighted by Crippen LogP contribution is -2.40. The van der Waals surface area contributed by atoms with Gasteiger partial charge in [0.15, 0.2) is 0 Å². The topological polar surface area (TPSA) is 119 Å². The zero-order valence-corrected chi connectivity index (χ0v) is 10.6. The Kier molecular flexibility index (Phi) is 3.97. The molecule has 1 aromatic rings. The van der Waals surface area contributed by atoms with E-state index in [2.05, 4.69) is 5.10 Å². The van der Waals surface area contributed by atoms with Crippen LogP contribution in [0.4, 0.5) is 5.69 Å². The molecule has 2 heterocycles. The van der Waals surface area contributed by atoms with Gasteiger partial charge in [-0.25, -0.2) is 4.79 Å². The Morgan fingerprint density at radius 3 is 2.90 bits per heavy atom. The number of hydrogen-bond donors (Lipinski definition) is 1. The fourth-order valence-corrected chi connectivity index (χ4v) is 2.24. The maximum atomic E-state index is 12.0. The Bertz CT molecular complexity index is 541. The van der Waals surface area contributed by atoms with E-state index < -0.39 is 16.9 Å². The second-order valence-electron chi connectivity index (χ2n) is 4.55. The first-order valence-electron chi connectivity index (χ1n) is 6.18. The van der Waals surface area contributed by atoms with Crippen LogP contribution in [0.2, 0.25) is 0 Å². The molecule has 0 unspecified atom stereocenters. The maximum absolute atomic E-state index is 12.0. The van der Waals surface area contributed by atoms with Gasteiger partial charge in [-0.05, 0) is 12.8 Å². The van der Waals surface area contributed by atoms with Gasteiger partial charge in [0.25, 0.3) is 0 Å². The van der Waals surface area contributed by atoms with Crippen molar-refractivity contribution in [3.05, 3.63) is 22.5 Å². The van der Waals surface area contributed by atoms with Crippen LogP contribution in [0.5, 0.6) is 0 Å². The highest BCUT2D eigenvalue weighted by Crippen LogP contribution is 2.18. The average molecular weight is 282 g/mol. The maximum Gasteiger partial charge on any atom is 0.326 e. The van der Waals surface area contributed by atoms with Crippen LogP contribution in [0.3, 0.4) is 0 Å². The molecule has 0 saturated carbocycles. The van der Waals surface area contributed by atoms with E-state index in [1.165, 1.54) is 15.8 Å². The van der Waals surface area contributed by atoms with Gasteiger partial charge >= 0.3 is 11.7 Å². The molecule has 0 radical (unpaired) electrons. The summed E-state index contributed by atoms with van der Waals surface area (Å²) in [6, 6.07) is -0.755. The number of nitrogens with zero attached hydrogens (tertiary/aromatic N) is 4. The Morgan fingerprint density at radius 2 is 2.30 bits per heavy atom. The third-order valence-electron chi connectivity index (χ3n) is 3.24. The van der Waals surface area contributed by atoms with E-state index in [1.807, 2.05) is 0 Å². The molecular formula is C11H14N4O5. The third-order valence-corrected chi connectivity index (χ3v) is 3.24. The van der Waals surface area contributed by atoms with Gasteiger partial charge in [-0.1, -0.05) is 0 Å². The number of aromatic nitrogens is 2. The second kappa shape index (κ2) is 5.68. The number of carbonyl (C=O) groups is 2. The molecule has 1 amide bonds. The fraction of sp³-hybridized carbons (Fsp3) is 0.545. The van der Waals surface area contributed by atoms with Crippen LogP contribution in [0.1, 0.15) is 19.3 Å². The van der Waals surface area contributed by atoms with Crippen molar-refractivity contribution in [2.24, 2.45) is 0 Å². The zero-order chi connectivity index (χ0) is 14.7. The molecule has 1 aliphatic heterocycles. The second-order valence-corrected chi connectivity index (χ2v) is 4.55. The molecule has 0 spiro atoms. The van der Waals surface area contributed by atoms with E-state index in [4.69, 9.17) is 5.11 Å². The van der Waals surface area contributed by atoms with E-state index in [0.29, 0.717) is 19.4 Å². The predicted octanol–water partition coefficient (Wildman–Crippen LogP) is 0.257. The normalized spacial score (nSPS) is 18.2. The summed E-state index contributed by atoms with van der Waals surface area (Å²) in [4.78, 5) is 34.2. The monoisotopic (exact) mass is 282 g/mol. The molecule has 2 rings (SSSR count). The smallest absolute Gasteiger partial charge is 0.326 e. The number of carbonyl (C=O) groups excluding carboxylic acids is 1. The van der Waals surface area contributed by atoms with Crippen LogP contribution in [-0.2, 0) is 16.1 Å². The number of carboxylic acids is 1. The van der Waals surface area contributed by atoms with E-state index in [0.717, 1.165) is 6.20 Å². The molecule has 0 bridgehead atoms. The summed E-state index contributed by atoms with van der Waals surface area (Å²) < 4.78 is 1.31. The highest BCUT2D eigenvalue weighted by atomic mass is 16.6. The quantitative estimate of drug-likeness (QED) is 0.611. The van der Waals surface area contributed by atoms with Crippen molar-refractivity contribution < 1.29 is 19.6 Å². The fourth-order valence-electron chi connectivity index (χ4n) is 2.24. The number of nitro groups is 1. The SMILES string of the molecule is O=C(O)[C@@H]1CCCN1C(=O)CCn1cc([N+](=O)[O-])cn1. The Hall–Kier alpha value is -2.45. The lowest BCUT2D eigenvalue weighted by Gasteiger charge is -2.21. The molecule has 1 saturated heterocycles. The van der Waals surface area contributed by atoms with Gasteiger partial charge in [-0.2, -0.15) is 5.10 Å². The van der Waals surface area contributed by atoms with Gasteiger partial charge in [0.1, 0.15) is 18.4 Å². The molecule has 108 valence electrons. The zero-order valence-electron chi connectivity index (χ0n) is 10.6. The van der Waals surface area contributed by atoms with Crippen molar-refractivity contribution >= 4 is 17.6 Å². The Morgan fingerprint density at radius 1 is 1.55 bits per heavy atom. The van der Waals surface area contributed by atoms with Crippen LogP contribution in [0, 0.1) is 10.1 Å². The number of aryl methyl sites for hydroxylation is 1. The van der Waals surface area contributed by atoms with Crippen molar-refractivity contribution in [1.82, 2.24) is 14.7 Å². The number of hydrogen-bond acceptors (Lipinski definition) is 5. The first kappa shape index (κ1) is 14.0. The molecule has 1 aliphatic rings. The average Bonchev–Trinajstić information content (AvgIpc) is 3.04. The number of carboxylic acid groups (broad SMARTS) is 1. The summed E-state index contributed by atoms with van der Waals surface area (Å²) in [5.41, 5.74) is -0.137. The van der Waals surface area contributed by atoms with Gasteiger partial charge in [0.05, 0.1) is 4.92 Å². The van der Waals surface area contributed by atoms with Crippen LogP contribution in [-0.4, -0.2) is 49.2 Å². The summed E-state index contributed by atoms with van der Waals surface area (Å²) >= 11 is 0. The highest BCUT2D eigenvalue weighted by molar-refractivity contribution is 5.84. The molecule has 0 aliphatic carbocycles.